The summed E-state index contributed by atoms with van der Waals surface area (Å²) in [6.45, 7) is 4.41. The highest BCUT2D eigenvalue weighted by atomic mass is 16.4. The highest BCUT2D eigenvalue weighted by molar-refractivity contribution is 5.81. The quantitative estimate of drug-likeness (QED) is 0.916. The van der Waals surface area contributed by atoms with Gasteiger partial charge < -0.3 is 10.0 Å². The van der Waals surface area contributed by atoms with Gasteiger partial charge in [-0.05, 0) is 31.4 Å². The van der Waals surface area contributed by atoms with Crippen molar-refractivity contribution in [3.63, 3.8) is 0 Å². The number of nitrogens with zero attached hydrogens (tertiary/aromatic N) is 3. The van der Waals surface area contributed by atoms with Gasteiger partial charge in [-0.25, -0.2) is 9.78 Å². The maximum Gasteiger partial charge on any atom is 0.331 e. The fourth-order valence-electron chi connectivity index (χ4n) is 2.75. The van der Waals surface area contributed by atoms with Crippen LogP contribution in [0.1, 0.15) is 28.6 Å². The van der Waals surface area contributed by atoms with Crippen molar-refractivity contribution < 1.29 is 9.90 Å². The van der Waals surface area contributed by atoms with E-state index in [1.165, 1.54) is 0 Å². The van der Waals surface area contributed by atoms with Crippen molar-refractivity contribution in [2.45, 2.75) is 26.3 Å². The summed E-state index contributed by atoms with van der Waals surface area (Å²) in [5, 5.41) is 9.65. The lowest BCUT2D eigenvalue weighted by Crippen LogP contribution is -2.40. The van der Waals surface area contributed by atoms with Gasteiger partial charge in [0.15, 0.2) is 6.04 Å². The number of aliphatic carboxylic acids is 1. The zero-order valence-corrected chi connectivity index (χ0v) is 12.1. The first-order valence-electron chi connectivity index (χ1n) is 6.95. The SMILES string of the molecule is Cc1ncc(N2CCc3ccccc3C2C(=O)O)nc1C. The van der Waals surface area contributed by atoms with E-state index in [0.29, 0.717) is 12.4 Å². The highest BCUT2D eigenvalue weighted by Crippen LogP contribution is 2.32. The van der Waals surface area contributed by atoms with Gasteiger partial charge in [0, 0.05) is 6.54 Å². The van der Waals surface area contributed by atoms with Gasteiger partial charge in [-0.15, -0.1) is 0 Å². The number of rotatable bonds is 2. The zero-order chi connectivity index (χ0) is 15.0. The standard InChI is InChI=1S/C16H17N3O2/c1-10-11(2)18-14(9-17-10)19-8-7-12-5-3-4-6-13(12)15(19)16(20)21/h3-6,9,15H,7-8H2,1-2H3,(H,20,21). The summed E-state index contributed by atoms with van der Waals surface area (Å²) < 4.78 is 0. The van der Waals surface area contributed by atoms with E-state index in [0.717, 1.165) is 28.9 Å². The Morgan fingerprint density at radius 2 is 2.05 bits per heavy atom. The van der Waals surface area contributed by atoms with Crippen molar-refractivity contribution in [3.8, 4) is 0 Å². The molecule has 1 aromatic heterocycles. The monoisotopic (exact) mass is 283 g/mol. The molecule has 0 saturated carbocycles. The number of carbonyl (C=O) groups is 1. The average molecular weight is 283 g/mol. The van der Waals surface area contributed by atoms with Gasteiger partial charge in [0.1, 0.15) is 5.82 Å². The summed E-state index contributed by atoms with van der Waals surface area (Å²) in [6.07, 6.45) is 2.47. The molecule has 1 atom stereocenters. The number of hydrogen-bond acceptors (Lipinski definition) is 4. The molecule has 0 amide bonds. The summed E-state index contributed by atoms with van der Waals surface area (Å²) >= 11 is 0. The normalized spacial score (nSPS) is 17.4. The van der Waals surface area contributed by atoms with E-state index in [-0.39, 0.29) is 0 Å². The lowest BCUT2D eigenvalue weighted by molar-refractivity contribution is -0.138. The molecule has 108 valence electrons. The Morgan fingerprint density at radius 1 is 1.29 bits per heavy atom. The van der Waals surface area contributed by atoms with Crippen LogP contribution < -0.4 is 4.90 Å². The number of benzene rings is 1. The molecule has 1 aliphatic rings. The third-order valence-corrected chi connectivity index (χ3v) is 3.99. The first-order chi connectivity index (χ1) is 10.1. The lowest BCUT2D eigenvalue weighted by Gasteiger charge is -2.35. The van der Waals surface area contributed by atoms with Crippen LogP contribution in [0.5, 0.6) is 0 Å². The van der Waals surface area contributed by atoms with Crippen LogP contribution >= 0.6 is 0 Å². The van der Waals surface area contributed by atoms with E-state index in [4.69, 9.17) is 0 Å². The fourth-order valence-corrected chi connectivity index (χ4v) is 2.75. The molecule has 0 aliphatic carbocycles. The van der Waals surface area contributed by atoms with Gasteiger partial charge in [0.2, 0.25) is 0 Å². The number of anilines is 1. The van der Waals surface area contributed by atoms with Gasteiger partial charge in [-0.3, -0.25) is 4.98 Å². The number of hydrogen-bond donors (Lipinski definition) is 1. The summed E-state index contributed by atoms with van der Waals surface area (Å²) in [7, 11) is 0. The summed E-state index contributed by atoms with van der Waals surface area (Å²) in [5.41, 5.74) is 3.63. The maximum absolute atomic E-state index is 11.8. The topological polar surface area (TPSA) is 66.3 Å². The third kappa shape index (κ3) is 2.35. The molecule has 1 aliphatic heterocycles. The molecule has 0 bridgehead atoms. The number of aryl methyl sites for hydroxylation is 2. The highest BCUT2D eigenvalue weighted by Gasteiger charge is 2.33. The smallest absolute Gasteiger partial charge is 0.331 e. The molecule has 0 saturated heterocycles. The Hall–Kier alpha value is -2.43. The zero-order valence-electron chi connectivity index (χ0n) is 12.1. The van der Waals surface area contributed by atoms with Crippen LogP contribution in [0.15, 0.2) is 30.5 Å². The summed E-state index contributed by atoms with van der Waals surface area (Å²) in [4.78, 5) is 22.4. The van der Waals surface area contributed by atoms with Gasteiger partial charge in [-0.1, -0.05) is 24.3 Å². The first kappa shape index (κ1) is 13.5. The minimum atomic E-state index is -0.859. The summed E-state index contributed by atoms with van der Waals surface area (Å²) in [5.74, 6) is -0.234. The Bertz CT molecular complexity index is 700. The fraction of sp³-hybridized carbons (Fsp3) is 0.312. The van der Waals surface area contributed by atoms with Crippen LogP contribution in [0.3, 0.4) is 0 Å². The molecular weight excluding hydrogens is 266 g/mol. The van der Waals surface area contributed by atoms with E-state index < -0.39 is 12.0 Å². The molecule has 1 unspecified atom stereocenters. The number of carboxylic acid groups (broad SMARTS) is 1. The Morgan fingerprint density at radius 3 is 2.76 bits per heavy atom. The molecule has 2 aromatic rings. The molecule has 1 N–H and O–H groups in total. The largest absolute Gasteiger partial charge is 0.479 e. The van der Waals surface area contributed by atoms with Crippen LogP contribution in [-0.2, 0) is 11.2 Å². The second kappa shape index (κ2) is 5.16. The molecule has 3 rings (SSSR count). The van der Waals surface area contributed by atoms with Gasteiger partial charge in [0.25, 0.3) is 0 Å². The predicted molar refractivity (Wildman–Crippen MR) is 79.4 cm³/mol. The van der Waals surface area contributed by atoms with Crippen molar-refractivity contribution in [1.82, 2.24) is 9.97 Å². The molecule has 2 heterocycles. The van der Waals surface area contributed by atoms with Crippen LogP contribution in [-0.4, -0.2) is 27.6 Å². The van der Waals surface area contributed by atoms with Crippen molar-refractivity contribution in [1.29, 1.82) is 0 Å². The summed E-state index contributed by atoms with van der Waals surface area (Å²) in [6, 6.07) is 7.00. The van der Waals surface area contributed by atoms with Crippen molar-refractivity contribution in [2.24, 2.45) is 0 Å². The molecule has 0 radical (unpaired) electrons. The molecule has 21 heavy (non-hydrogen) atoms. The minimum Gasteiger partial charge on any atom is -0.479 e. The minimum absolute atomic E-state index is 0.625. The maximum atomic E-state index is 11.8. The van der Waals surface area contributed by atoms with Gasteiger partial charge in [0.05, 0.1) is 17.6 Å². The van der Waals surface area contributed by atoms with Gasteiger partial charge >= 0.3 is 5.97 Å². The molecule has 5 nitrogen and oxygen atoms in total. The molecule has 1 aromatic carbocycles. The lowest BCUT2D eigenvalue weighted by atomic mass is 9.92. The van der Waals surface area contributed by atoms with E-state index in [2.05, 4.69) is 9.97 Å². The third-order valence-electron chi connectivity index (χ3n) is 3.99. The van der Waals surface area contributed by atoms with Gasteiger partial charge in [-0.2, -0.15) is 0 Å². The second-order valence-electron chi connectivity index (χ2n) is 5.28. The second-order valence-corrected chi connectivity index (χ2v) is 5.28. The predicted octanol–water partition coefficient (Wildman–Crippen LogP) is 2.28. The molecular formula is C16H17N3O2. The molecule has 0 spiro atoms. The van der Waals surface area contributed by atoms with Crippen molar-refractivity contribution in [3.05, 3.63) is 53.0 Å². The van der Waals surface area contributed by atoms with E-state index >= 15 is 0 Å². The van der Waals surface area contributed by atoms with Crippen LogP contribution in [0.2, 0.25) is 0 Å². The van der Waals surface area contributed by atoms with Crippen LogP contribution in [0.4, 0.5) is 5.82 Å². The van der Waals surface area contributed by atoms with Crippen LogP contribution in [0, 0.1) is 13.8 Å². The Labute approximate surface area is 123 Å². The average Bonchev–Trinajstić information content (AvgIpc) is 2.48. The van der Waals surface area contributed by atoms with E-state index in [1.54, 1.807) is 6.20 Å². The molecule has 0 fully saturated rings. The Kier molecular flexibility index (Phi) is 3.33. The first-order valence-corrected chi connectivity index (χ1v) is 6.95. The van der Waals surface area contributed by atoms with Crippen LogP contribution in [0.25, 0.3) is 0 Å². The van der Waals surface area contributed by atoms with E-state index in [1.807, 2.05) is 43.0 Å². The number of fused-ring (bicyclic) bond motifs is 1. The number of aromatic nitrogens is 2. The van der Waals surface area contributed by atoms with Crippen molar-refractivity contribution in [2.75, 3.05) is 11.4 Å². The van der Waals surface area contributed by atoms with Crippen molar-refractivity contribution >= 4 is 11.8 Å². The van der Waals surface area contributed by atoms with E-state index in [9.17, 15) is 9.90 Å². The molecule has 5 heteroatoms. The number of carboxylic acids is 1. The Balaban J connectivity index is 2.06.